The number of amides is 1. The third kappa shape index (κ3) is 4.53. The van der Waals surface area contributed by atoms with E-state index in [1.54, 1.807) is 25.1 Å². The van der Waals surface area contributed by atoms with Crippen molar-refractivity contribution in [2.45, 2.75) is 25.3 Å². The predicted octanol–water partition coefficient (Wildman–Crippen LogP) is 1.90. The van der Waals surface area contributed by atoms with Crippen molar-refractivity contribution in [1.29, 1.82) is 0 Å². The number of nitrogens with one attached hydrogen (secondary N) is 1. The van der Waals surface area contributed by atoms with E-state index < -0.39 is 11.4 Å². The summed E-state index contributed by atoms with van der Waals surface area (Å²) in [5.74, 6) is -0.916. The fourth-order valence-electron chi connectivity index (χ4n) is 1.82. The molecule has 1 rings (SSSR count). The number of azide groups is 1. The molecule has 1 aromatic rings. The van der Waals surface area contributed by atoms with E-state index in [-0.39, 0.29) is 12.2 Å². The van der Waals surface area contributed by atoms with E-state index >= 15 is 0 Å². The summed E-state index contributed by atoms with van der Waals surface area (Å²) in [7, 11) is 0. The van der Waals surface area contributed by atoms with Crippen LogP contribution in [0, 0.1) is 5.82 Å². The molecule has 7 heteroatoms. The quantitative estimate of drug-likeness (QED) is 0.328. The van der Waals surface area contributed by atoms with Gasteiger partial charge in [-0.05, 0) is 37.1 Å². The van der Waals surface area contributed by atoms with E-state index in [0.29, 0.717) is 25.1 Å². The zero-order valence-electron chi connectivity index (χ0n) is 11.3. The number of carbonyl (C=O) groups is 1. The van der Waals surface area contributed by atoms with Crippen LogP contribution in [0.15, 0.2) is 29.4 Å². The van der Waals surface area contributed by atoms with Crippen LogP contribution < -0.4 is 11.1 Å². The van der Waals surface area contributed by atoms with Gasteiger partial charge in [0.05, 0.1) is 5.54 Å². The molecule has 1 aromatic carbocycles. The van der Waals surface area contributed by atoms with Crippen molar-refractivity contribution in [3.05, 3.63) is 46.1 Å². The van der Waals surface area contributed by atoms with Gasteiger partial charge < -0.3 is 11.1 Å². The molecule has 0 aliphatic carbocycles. The molecule has 0 saturated heterocycles. The third-order valence-corrected chi connectivity index (χ3v) is 3.06. The van der Waals surface area contributed by atoms with Gasteiger partial charge in [-0.15, -0.1) is 0 Å². The van der Waals surface area contributed by atoms with Crippen LogP contribution in [-0.2, 0) is 11.2 Å². The highest BCUT2D eigenvalue weighted by Crippen LogP contribution is 2.16. The van der Waals surface area contributed by atoms with Gasteiger partial charge in [0.15, 0.2) is 0 Å². The highest BCUT2D eigenvalue weighted by atomic mass is 19.1. The van der Waals surface area contributed by atoms with Gasteiger partial charge >= 0.3 is 0 Å². The normalized spacial score (nSPS) is 13.3. The molecule has 0 bridgehead atoms. The molecular formula is C13H18FN5O. The topological polar surface area (TPSA) is 104 Å². The van der Waals surface area contributed by atoms with Crippen molar-refractivity contribution in [2.24, 2.45) is 10.8 Å². The molecule has 0 radical (unpaired) electrons. The Labute approximate surface area is 116 Å². The van der Waals surface area contributed by atoms with Crippen LogP contribution in [0.3, 0.4) is 0 Å². The van der Waals surface area contributed by atoms with Gasteiger partial charge in [-0.3, -0.25) is 4.79 Å². The second-order valence-electron chi connectivity index (χ2n) is 4.70. The second-order valence-corrected chi connectivity index (χ2v) is 4.70. The maximum absolute atomic E-state index is 13.6. The number of primary amides is 1. The summed E-state index contributed by atoms with van der Waals surface area (Å²) in [5.41, 5.74) is 12.9. The van der Waals surface area contributed by atoms with Crippen molar-refractivity contribution in [3.63, 3.8) is 0 Å². The molecule has 1 unspecified atom stereocenters. The molecule has 1 amide bonds. The smallest absolute Gasteiger partial charge is 0.237 e. The minimum Gasteiger partial charge on any atom is -0.368 e. The Kier molecular flexibility index (Phi) is 5.96. The van der Waals surface area contributed by atoms with Crippen molar-refractivity contribution in [2.75, 3.05) is 13.1 Å². The summed E-state index contributed by atoms with van der Waals surface area (Å²) in [5, 5.41) is 6.40. The molecule has 0 spiro atoms. The first-order valence-electron chi connectivity index (χ1n) is 6.29. The molecule has 0 aliphatic rings. The predicted molar refractivity (Wildman–Crippen MR) is 74.3 cm³/mol. The van der Waals surface area contributed by atoms with Crippen LogP contribution in [0.2, 0.25) is 0 Å². The molecule has 20 heavy (non-hydrogen) atoms. The van der Waals surface area contributed by atoms with Gasteiger partial charge in [0, 0.05) is 17.9 Å². The molecule has 0 saturated carbocycles. The van der Waals surface area contributed by atoms with E-state index in [1.165, 1.54) is 6.07 Å². The van der Waals surface area contributed by atoms with Crippen molar-refractivity contribution in [3.8, 4) is 0 Å². The fourth-order valence-corrected chi connectivity index (χ4v) is 1.82. The lowest BCUT2D eigenvalue weighted by Gasteiger charge is -2.28. The molecule has 0 aromatic heterocycles. The van der Waals surface area contributed by atoms with Crippen LogP contribution in [0.4, 0.5) is 4.39 Å². The van der Waals surface area contributed by atoms with Crippen molar-refractivity contribution in [1.82, 2.24) is 5.32 Å². The lowest BCUT2D eigenvalue weighted by atomic mass is 9.91. The van der Waals surface area contributed by atoms with Gasteiger partial charge in [0.25, 0.3) is 0 Å². The standard InChI is InChI=1S/C13H18FN5O/c1-13(12(15)20,17-7-4-8-18-19-16)9-10-5-2-3-6-11(10)14/h2-3,5-6,17H,4,7-9H2,1H3,(H2,15,20). The minimum atomic E-state index is -1.04. The van der Waals surface area contributed by atoms with Gasteiger partial charge in [-0.1, -0.05) is 23.3 Å². The van der Waals surface area contributed by atoms with Crippen molar-refractivity contribution >= 4 is 5.91 Å². The minimum absolute atomic E-state index is 0.163. The lowest BCUT2D eigenvalue weighted by Crippen LogP contribution is -2.55. The SMILES string of the molecule is CC(Cc1ccccc1F)(NCCCN=[N+]=[N-])C(N)=O. The molecule has 108 valence electrons. The van der Waals surface area contributed by atoms with Gasteiger partial charge in [-0.25, -0.2) is 4.39 Å². The zero-order valence-corrected chi connectivity index (χ0v) is 11.3. The summed E-state index contributed by atoms with van der Waals surface area (Å²) in [6.45, 7) is 2.42. The first-order valence-corrected chi connectivity index (χ1v) is 6.29. The Balaban J connectivity index is 2.69. The van der Waals surface area contributed by atoms with Gasteiger partial charge in [0.2, 0.25) is 5.91 Å². The molecule has 0 aliphatic heterocycles. The van der Waals surface area contributed by atoms with E-state index in [9.17, 15) is 9.18 Å². The number of nitrogens with two attached hydrogens (primary N) is 1. The number of rotatable bonds is 8. The Morgan fingerprint density at radius 3 is 2.85 bits per heavy atom. The van der Waals surface area contributed by atoms with Crippen molar-refractivity contribution < 1.29 is 9.18 Å². The molecule has 0 fully saturated rings. The van der Waals surface area contributed by atoms with E-state index in [2.05, 4.69) is 15.3 Å². The van der Waals surface area contributed by atoms with Crippen LogP contribution in [0.1, 0.15) is 18.9 Å². The average molecular weight is 279 g/mol. The van der Waals surface area contributed by atoms with Gasteiger partial charge in [0.1, 0.15) is 5.82 Å². The first kappa shape index (κ1) is 15.9. The lowest BCUT2D eigenvalue weighted by molar-refractivity contribution is -0.123. The van der Waals surface area contributed by atoms with E-state index in [1.807, 2.05) is 0 Å². The summed E-state index contributed by atoms with van der Waals surface area (Å²) in [6.07, 6.45) is 0.737. The molecular weight excluding hydrogens is 261 g/mol. The number of halogens is 1. The molecule has 1 atom stereocenters. The maximum atomic E-state index is 13.6. The fraction of sp³-hybridized carbons (Fsp3) is 0.462. The number of hydrogen-bond acceptors (Lipinski definition) is 3. The summed E-state index contributed by atoms with van der Waals surface area (Å²) in [6, 6.07) is 6.27. The van der Waals surface area contributed by atoms with Crippen LogP contribution in [0.25, 0.3) is 10.4 Å². The van der Waals surface area contributed by atoms with E-state index in [0.717, 1.165) is 0 Å². The Hall–Kier alpha value is -2.11. The maximum Gasteiger partial charge on any atom is 0.237 e. The molecule has 0 heterocycles. The monoisotopic (exact) mass is 279 g/mol. The summed E-state index contributed by atoms with van der Waals surface area (Å²) >= 11 is 0. The van der Waals surface area contributed by atoms with Gasteiger partial charge in [-0.2, -0.15) is 0 Å². The largest absolute Gasteiger partial charge is 0.368 e. The average Bonchev–Trinajstić information content (AvgIpc) is 2.41. The highest BCUT2D eigenvalue weighted by molar-refractivity contribution is 5.84. The Morgan fingerprint density at radius 1 is 1.55 bits per heavy atom. The second kappa shape index (κ2) is 7.47. The summed E-state index contributed by atoms with van der Waals surface area (Å²) in [4.78, 5) is 14.3. The number of carbonyl (C=O) groups excluding carboxylic acids is 1. The highest BCUT2D eigenvalue weighted by Gasteiger charge is 2.31. The number of hydrogen-bond donors (Lipinski definition) is 2. The Bertz CT molecular complexity index is 515. The number of benzene rings is 1. The van der Waals surface area contributed by atoms with Crippen LogP contribution in [0.5, 0.6) is 0 Å². The molecule has 6 nitrogen and oxygen atoms in total. The Morgan fingerprint density at radius 2 is 2.25 bits per heavy atom. The molecule has 3 N–H and O–H groups in total. The first-order chi connectivity index (χ1) is 9.49. The number of nitrogens with zero attached hydrogens (tertiary/aromatic N) is 3. The van der Waals surface area contributed by atoms with Crippen LogP contribution in [-0.4, -0.2) is 24.5 Å². The third-order valence-electron chi connectivity index (χ3n) is 3.06. The van der Waals surface area contributed by atoms with E-state index in [4.69, 9.17) is 11.3 Å². The van der Waals surface area contributed by atoms with Crippen LogP contribution >= 0.6 is 0 Å². The summed E-state index contributed by atoms with van der Waals surface area (Å²) < 4.78 is 13.6. The zero-order chi connectivity index (χ0) is 15.0.